The summed E-state index contributed by atoms with van der Waals surface area (Å²) in [6.45, 7) is 7.85. The van der Waals surface area contributed by atoms with Gasteiger partial charge in [-0.1, -0.05) is 40.6 Å². The number of thiazole rings is 1. The SMILES string of the molecule is CC(C)(Oc1ccc(Cl)cc1)C(=O)N(CCN1CCOCC1)c1nc2c(Cl)cccc2s1. The van der Waals surface area contributed by atoms with Crippen molar-refractivity contribution in [1.29, 1.82) is 0 Å². The maximum absolute atomic E-state index is 13.7. The van der Waals surface area contributed by atoms with Crippen molar-refractivity contribution in [3.8, 4) is 5.75 Å². The lowest BCUT2D eigenvalue weighted by Gasteiger charge is -2.33. The van der Waals surface area contributed by atoms with Crippen molar-refractivity contribution in [3.05, 3.63) is 52.5 Å². The predicted molar refractivity (Wildman–Crippen MR) is 130 cm³/mol. The number of hydrogen-bond acceptors (Lipinski definition) is 6. The van der Waals surface area contributed by atoms with Gasteiger partial charge in [-0.05, 0) is 50.2 Å². The average molecular weight is 494 g/mol. The van der Waals surface area contributed by atoms with Gasteiger partial charge in [0.1, 0.15) is 11.3 Å². The van der Waals surface area contributed by atoms with Gasteiger partial charge in [0.05, 0.1) is 22.9 Å². The van der Waals surface area contributed by atoms with Gasteiger partial charge in [0.25, 0.3) is 5.91 Å². The van der Waals surface area contributed by atoms with E-state index in [1.165, 1.54) is 11.3 Å². The number of aromatic nitrogens is 1. The van der Waals surface area contributed by atoms with Crippen LogP contribution >= 0.6 is 34.5 Å². The topological polar surface area (TPSA) is 54.9 Å². The molecule has 6 nitrogen and oxygen atoms in total. The van der Waals surface area contributed by atoms with Crippen molar-refractivity contribution in [2.24, 2.45) is 0 Å². The Bertz CT molecular complexity index is 1080. The van der Waals surface area contributed by atoms with E-state index < -0.39 is 5.60 Å². The Balaban J connectivity index is 1.61. The summed E-state index contributed by atoms with van der Waals surface area (Å²) in [5.74, 6) is 0.407. The zero-order valence-electron chi connectivity index (χ0n) is 18.0. The first-order valence-electron chi connectivity index (χ1n) is 10.5. The highest BCUT2D eigenvalue weighted by atomic mass is 35.5. The van der Waals surface area contributed by atoms with Crippen molar-refractivity contribution in [1.82, 2.24) is 9.88 Å². The molecule has 0 saturated carbocycles. The standard InChI is InChI=1S/C23H25Cl2N3O3S/c1-23(2,31-17-8-6-16(24)7-9-17)21(29)28(11-10-27-12-14-30-15-13-27)22-26-20-18(25)4-3-5-19(20)32-22/h3-9H,10-15H2,1-2H3. The molecule has 3 aromatic rings. The second kappa shape index (κ2) is 9.93. The number of halogens is 2. The maximum atomic E-state index is 13.7. The number of fused-ring (bicyclic) bond motifs is 1. The molecule has 1 amide bonds. The molecule has 1 aliphatic heterocycles. The second-order valence-electron chi connectivity index (χ2n) is 8.06. The molecule has 9 heteroatoms. The number of amides is 1. The zero-order chi connectivity index (χ0) is 22.7. The third kappa shape index (κ3) is 5.35. The number of benzene rings is 2. The highest BCUT2D eigenvalue weighted by Crippen LogP contribution is 2.34. The molecule has 2 aromatic carbocycles. The molecule has 1 aromatic heterocycles. The summed E-state index contributed by atoms with van der Waals surface area (Å²) in [5, 5.41) is 1.79. The molecule has 0 aliphatic carbocycles. The smallest absolute Gasteiger partial charge is 0.272 e. The first kappa shape index (κ1) is 23.3. The molecular formula is C23H25Cl2N3O3S. The van der Waals surface area contributed by atoms with E-state index in [0.717, 1.165) is 24.3 Å². The minimum atomic E-state index is -1.11. The monoisotopic (exact) mass is 493 g/mol. The van der Waals surface area contributed by atoms with Gasteiger partial charge in [-0.2, -0.15) is 0 Å². The molecule has 0 spiro atoms. The highest BCUT2D eigenvalue weighted by Gasteiger charge is 2.36. The van der Waals surface area contributed by atoms with Gasteiger partial charge in [0.15, 0.2) is 10.7 Å². The van der Waals surface area contributed by atoms with Crippen LogP contribution in [-0.2, 0) is 9.53 Å². The summed E-state index contributed by atoms with van der Waals surface area (Å²) < 4.78 is 12.5. The van der Waals surface area contributed by atoms with E-state index in [1.54, 1.807) is 49.1 Å². The normalized spacial score (nSPS) is 15.1. The summed E-state index contributed by atoms with van der Waals surface area (Å²) in [6.07, 6.45) is 0. The van der Waals surface area contributed by atoms with Crippen LogP contribution in [0.25, 0.3) is 10.2 Å². The van der Waals surface area contributed by atoms with Crippen LogP contribution in [0.4, 0.5) is 5.13 Å². The highest BCUT2D eigenvalue weighted by molar-refractivity contribution is 7.22. The first-order valence-corrected chi connectivity index (χ1v) is 12.0. The van der Waals surface area contributed by atoms with E-state index in [9.17, 15) is 4.79 Å². The van der Waals surface area contributed by atoms with Gasteiger partial charge >= 0.3 is 0 Å². The van der Waals surface area contributed by atoms with Crippen molar-refractivity contribution in [2.75, 3.05) is 44.3 Å². The molecule has 0 N–H and O–H groups in total. The summed E-state index contributed by atoms with van der Waals surface area (Å²) in [6, 6.07) is 12.6. The number of carbonyl (C=O) groups is 1. The summed E-state index contributed by atoms with van der Waals surface area (Å²) in [5.41, 5.74) is -0.407. The van der Waals surface area contributed by atoms with Crippen molar-refractivity contribution < 1.29 is 14.3 Å². The van der Waals surface area contributed by atoms with Gasteiger partial charge in [-0.25, -0.2) is 4.98 Å². The Morgan fingerprint density at radius 2 is 1.91 bits per heavy atom. The molecule has 0 atom stereocenters. The number of anilines is 1. The summed E-state index contributed by atoms with van der Waals surface area (Å²) >= 11 is 13.8. The number of ether oxygens (including phenoxy) is 2. The maximum Gasteiger partial charge on any atom is 0.272 e. The lowest BCUT2D eigenvalue weighted by atomic mass is 10.1. The molecule has 1 aliphatic rings. The molecule has 0 unspecified atom stereocenters. The quantitative estimate of drug-likeness (QED) is 0.456. The molecular weight excluding hydrogens is 469 g/mol. The Morgan fingerprint density at radius 3 is 2.59 bits per heavy atom. The van der Waals surface area contributed by atoms with Gasteiger partial charge in [0, 0.05) is 31.2 Å². The van der Waals surface area contributed by atoms with E-state index in [-0.39, 0.29) is 5.91 Å². The van der Waals surface area contributed by atoms with Gasteiger partial charge in [0.2, 0.25) is 0 Å². The number of morpholine rings is 1. The molecule has 1 fully saturated rings. The van der Waals surface area contributed by atoms with Gasteiger partial charge in [-0.15, -0.1) is 0 Å². The number of carbonyl (C=O) groups excluding carboxylic acids is 1. The fraction of sp³-hybridized carbons (Fsp3) is 0.391. The molecule has 170 valence electrons. The van der Waals surface area contributed by atoms with Crippen LogP contribution in [0.3, 0.4) is 0 Å². The van der Waals surface area contributed by atoms with E-state index in [4.69, 9.17) is 37.7 Å². The number of para-hydroxylation sites is 1. The number of rotatable bonds is 7. The van der Waals surface area contributed by atoms with Crippen LogP contribution in [0, 0.1) is 0 Å². The second-order valence-corrected chi connectivity index (χ2v) is 9.91. The van der Waals surface area contributed by atoms with Gasteiger partial charge in [-0.3, -0.25) is 14.6 Å². The third-order valence-electron chi connectivity index (χ3n) is 5.28. The Hall–Kier alpha value is -1.90. The Labute approximate surface area is 201 Å². The first-order chi connectivity index (χ1) is 15.3. The van der Waals surface area contributed by atoms with E-state index in [1.807, 2.05) is 12.1 Å². The molecule has 0 radical (unpaired) electrons. The van der Waals surface area contributed by atoms with Crippen LogP contribution in [-0.4, -0.2) is 60.8 Å². The van der Waals surface area contributed by atoms with E-state index in [2.05, 4.69) is 4.90 Å². The Kier molecular flexibility index (Phi) is 7.22. The minimum Gasteiger partial charge on any atom is -0.478 e. The largest absolute Gasteiger partial charge is 0.478 e. The molecule has 1 saturated heterocycles. The third-order valence-corrected chi connectivity index (χ3v) is 6.88. The minimum absolute atomic E-state index is 0.170. The van der Waals surface area contributed by atoms with Crippen LogP contribution in [0.15, 0.2) is 42.5 Å². The molecule has 4 rings (SSSR count). The van der Waals surface area contributed by atoms with E-state index >= 15 is 0 Å². The molecule has 2 heterocycles. The fourth-order valence-electron chi connectivity index (χ4n) is 3.53. The van der Waals surface area contributed by atoms with Crippen LogP contribution in [0.5, 0.6) is 5.75 Å². The zero-order valence-corrected chi connectivity index (χ0v) is 20.3. The number of hydrogen-bond donors (Lipinski definition) is 0. The molecule has 32 heavy (non-hydrogen) atoms. The van der Waals surface area contributed by atoms with Crippen molar-refractivity contribution in [2.45, 2.75) is 19.4 Å². The van der Waals surface area contributed by atoms with Gasteiger partial charge < -0.3 is 9.47 Å². The Morgan fingerprint density at radius 1 is 1.19 bits per heavy atom. The lowest BCUT2D eigenvalue weighted by molar-refractivity contribution is -0.131. The summed E-state index contributed by atoms with van der Waals surface area (Å²) in [4.78, 5) is 22.4. The van der Waals surface area contributed by atoms with E-state index in [0.29, 0.717) is 46.2 Å². The van der Waals surface area contributed by atoms with Crippen LogP contribution in [0.2, 0.25) is 10.0 Å². The van der Waals surface area contributed by atoms with Crippen LogP contribution < -0.4 is 9.64 Å². The van der Waals surface area contributed by atoms with Crippen molar-refractivity contribution in [3.63, 3.8) is 0 Å². The van der Waals surface area contributed by atoms with Crippen molar-refractivity contribution >= 4 is 55.8 Å². The summed E-state index contributed by atoms with van der Waals surface area (Å²) in [7, 11) is 0. The predicted octanol–water partition coefficient (Wildman–Crippen LogP) is 5.13. The number of nitrogens with zero attached hydrogens (tertiary/aromatic N) is 3. The molecule has 0 bridgehead atoms. The van der Waals surface area contributed by atoms with Crippen LogP contribution in [0.1, 0.15) is 13.8 Å². The fourth-order valence-corrected chi connectivity index (χ4v) is 4.95. The lowest BCUT2D eigenvalue weighted by Crippen LogP contribution is -2.51. The average Bonchev–Trinajstić information content (AvgIpc) is 3.21.